The smallest absolute Gasteiger partial charge is 0.375 e. The Morgan fingerprint density at radius 3 is 2.31 bits per heavy atom. The van der Waals surface area contributed by atoms with Gasteiger partial charge < -0.3 is 24.3 Å². The summed E-state index contributed by atoms with van der Waals surface area (Å²) >= 11 is 0. The number of aryl methyl sites for hydroxylation is 1. The Kier molecular flexibility index (Phi) is 6.10. The molecule has 35 heavy (non-hydrogen) atoms. The van der Waals surface area contributed by atoms with Gasteiger partial charge in [0, 0.05) is 48.2 Å². The number of fused-ring (bicyclic) bond motifs is 3. The number of furan rings is 1. The van der Waals surface area contributed by atoms with Gasteiger partial charge >= 0.3 is 12.0 Å². The topological polar surface area (TPSA) is 92.1 Å². The highest BCUT2D eigenvalue weighted by molar-refractivity contribution is 6.08. The summed E-state index contributed by atoms with van der Waals surface area (Å²) in [6.45, 7) is 2.95. The maximum Gasteiger partial charge on any atom is 0.375 e. The van der Waals surface area contributed by atoms with E-state index in [0.29, 0.717) is 37.3 Å². The van der Waals surface area contributed by atoms with Gasteiger partial charge in [-0.1, -0.05) is 54.6 Å². The van der Waals surface area contributed by atoms with Crippen molar-refractivity contribution in [3.63, 3.8) is 0 Å². The van der Waals surface area contributed by atoms with E-state index in [0.717, 1.165) is 21.8 Å². The maximum atomic E-state index is 12.7. The molecule has 1 saturated heterocycles. The summed E-state index contributed by atoms with van der Waals surface area (Å²) < 4.78 is 11.2. The third-order valence-electron chi connectivity index (χ3n) is 6.29. The van der Waals surface area contributed by atoms with Gasteiger partial charge in [-0.05, 0) is 24.4 Å². The number of carbonyl (C=O) groups excluding carboxylic acids is 3. The molecular weight excluding hydrogens is 446 g/mol. The number of hydrogen-bond donors (Lipinski definition) is 1. The second-order valence-corrected chi connectivity index (χ2v) is 8.46. The molecule has 0 atom stereocenters. The summed E-state index contributed by atoms with van der Waals surface area (Å²) in [6.07, 6.45) is 0. The summed E-state index contributed by atoms with van der Waals surface area (Å²) in [6, 6.07) is 20.7. The van der Waals surface area contributed by atoms with Gasteiger partial charge in [0.15, 0.2) is 6.61 Å². The van der Waals surface area contributed by atoms with Gasteiger partial charge in [0.1, 0.15) is 5.58 Å². The number of hydrogen-bond acceptors (Lipinski definition) is 5. The van der Waals surface area contributed by atoms with E-state index in [1.807, 2.05) is 66.7 Å². The van der Waals surface area contributed by atoms with Crippen molar-refractivity contribution in [2.75, 3.05) is 38.1 Å². The van der Waals surface area contributed by atoms with Crippen LogP contribution in [0, 0.1) is 6.92 Å². The van der Waals surface area contributed by atoms with Crippen LogP contribution in [0.2, 0.25) is 0 Å². The van der Waals surface area contributed by atoms with E-state index < -0.39 is 5.97 Å². The van der Waals surface area contributed by atoms with Crippen LogP contribution in [-0.2, 0) is 9.53 Å². The third-order valence-corrected chi connectivity index (χ3v) is 6.29. The molecule has 0 saturated carbocycles. The summed E-state index contributed by atoms with van der Waals surface area (Å²) in [5.74, 6) is -0.871. The van der Waals surface area contributed by atoms with Crippen LogP contribution in [0.1, 0.15) is 16.1 Å². The van der Waals surface area contributed by atoms with E-state index >= 15 is 0 Å². The standard InChI is InChI=1S/C27H25N3O5/c1-18-21-12-11-19-7-5-6-10-22(19)25(21)35-24(18)26(32)34-17-23(31)29-13-15-30(16-14-29)27(33)28-20-8-3-2-4-9-20/h2-12H,13-17H2,1H3,(H,28,33). The molecule has 8 nitrogen and oxygen atoms in total. The van der Waals surface area contributed by atoms with Gasteiger partial charge in [0.05, 0.1) is 0 Å². The first-order valence-electron chi connectivity index (χ1n) is 11.5. The molecule has 0 spiro atoms. The first kappa shape index (κ1) is 22.5. The van der Waals surface area contributed by atoms with Crippen LogP contribution in [0.5, 0.6) is 0 Å². The zero-order valence-corrected chi connectivity index (χ0v) is 19.3. The molecule has 1 aromatic heterocycles. The number of nitrogens with zero attached hydrogens (tertiary/aromatic N) is 2. The normalized spacial score (nSPS) is 13.7. The summed E-state index contributed by atoms with van der Waals surface area (Å²) in [7, 11) is 0. The van der Waals surface area contributed by atoms with Crippen LogP contribution in [0.25, 0.3) is 21.7 Å². The Labute approximate surface area is 202 Å². The second-order valence-electron chi connectivity index (χ2n) is 8.46. The van der Waals surface area contributed by atoms with Crippen molar-refractivity contribution in [1.29, 1.82) is 0 Å². The number of carbonyl (C=O) groups is 3. The third kappa shape index (κ3) is 4.55. The first-order chi connectivity index (χ1) is 17.0. The highest BCUT2D eigenvalue weighted by Gasteiger charge is 2.26. The number of para-hydroxylation sites is 1. The molecule has 1 fully saturated rings. The molecule has 1 aliphatic heterocycles. The minimum atomic E-state index is -0.669. The van der Waals surface area contributed by atoms with Crippen molar-refractivity contribution < 1.29 is 23.5 Å². The van der Waals surface area contributed by atoms with Gasteiger partial charge in [-0.3, -0.25) is 4.79 Å². The molecule has 4 aromatic rings. The van der Waals surface area contributed by atoms with Crippen molar-refractivity contribution in [2.45, 2.75) is 6.92 Å². The number of esters is 1. The minimum absolute atomic E-state index is 0.103. The number of anilines is 1. The van der Waals surface area contributed by atoms with Crippen LogP contribution < -0.4 is 5.32 Å². The van der Waals surface area contributed by atoms with Crippen LogP contribution in [0.3, 0.4) is 0 Å². The van der Waals surface area contributed by atoms with Gasteiger partial charge in [-0.2, -0.15) is 0 Å². The Balaban J connectivity index is 1.17. The molecule has 0 bridgehead atoms. The highest BCUT2D eigenvalue weighted by atomic mass is 16.5. The van der Waals surface area contributed by atoms with Crippen LogP contribution in [0.15, 0.2) is 71.1 Å². The Hall–Kier alpha value is -4.33. The van der Waals surface area contributed by atoms with E-state index in [4.69, 9.17) is 9.15 Å². The molecule has 8 heteroatoms. The number of amides is 3. The van der Waals surface area contributed by atoms with Crippen molar-refractivity contribution in [2.24, 2.45) is 0 Å². The number of benzene rings is 3. The van der Waals surface area contributed by atoms with Crippen molar-refractivity contribution >= 4 is 45.3 Å². The van der Waals surface area contributed by atoms with Crippen molar-refractivity contribution in [3.05, 3.63) is 78.1 Å². The lowest BCUT2D eigenvalue weighted by molar-refractivity contribution is -0.135. The van der Waals surface area contributed by atoms with Crippen molar-refractivity contribution in [3.8, 4) is 0 Å². The quantitative estimate of drug-likeness (QED) is 0.445. The number of nitrogens with one attached hydrogen (secondary N) is 1. The average Bonchev–Trinajstić information content (AvgIpc) is 3.24. The molecule has 5 rings (SSSR count). The molecule has 1 aliphatic rings. The van der Waals surface area contributed by atoms with Crippen LogP contribution in [0.4, 0.5) is 10.5 Å². The molecule has 3 aromatic carbocycles. The SMILES string of the molecule is Cc1c(C(=O)OCC(=O)N2CCN(C(=O)Nc3ccccc3)CC2)oc2c1ccc1ccccc12. The molecule has 2 heterocycles. The number of rotatable bonds is 4. The monoisotopic (exact) mass is 471 g/mol. The highest BCUT2D eigenvalue weighted by Crippen LogP contribution is 2.32. The Morgan fingerprint density at radius 2 is 1.54 bits per heavy atom. The van der Waals surface area contributed by atoms with E-state index in [2.05, 4.69) is 5.32 Å². The zero-order chi connectivity index (χ0) is 24.4. The Bertz CT molecular complexity index is 1400. The molecule has 3 amide bonds. The fraction of sp³-hybridized carbons (Fsp3) is 0.222. The molecule has 0 unspecified atom stereocenters. The summed E-state index contributed by atoms with van der Waals surface area (Å²) in [5.41, 5.74) is 2.03. The molecule has 0 aliphatic carbocycles. The van der Waals surface area contributed by atoms with E-state index in [9.17, 15) is 14.4 Å². The summed E-state index contributed by atoms with van der Waals surface area (Å²) in [5, 5.41) is 5.61. The predicted molar refractivity (Wildman–Crippen MR) is 132 cm³/mol. The second kappa shape index (κ2) is 9.50. The van der Waals surface area contributed by atoms with E-state index in [-0.39, 0.29) is 24.3 Å². The fourth-order valence-electron chi connectivity index (χ4n) is 4.31. The molecule has 1 N–H and O–H groups in total. The van der Waals surface area contributed by atoms with Gasteiger partial charge in [-0.25, -0.2) is 9.59 Å². The number of piperazine rings is 1. The minimum Gasteiger partial charge on any atom is -0.450 e. The van der Waals surface area contributed by atoms with Gasteiger partial charge in [-0.15, -0.1) is 0 Å². The van der Waals surface area contributed by atoms with Gasteiger partial charge in [0.2, 0.25) is 5.76 Å². The van der Waals surface area contributed by atoms with Crippen LogP contribution in [-0.4, -0.2) is 60.5 Å². The molecular formula is C27H25N3O5. The zero-order valence-electron chi connectivity index (χ0n) is 19.3. The largest absolute Gasteiger partial charge is 0.450 e. The lowest BCUT2D eigenvalue weighted by atomic mass is 10.1. The molecule has 0 radical (unpaired) electrons. The van der Waals surface area contributed by atoms with E-state index in [1.165, 1.54) is 0 Å². The number of ether oxygens (including phenoxy) is 1. The lowest BCUT2D eigenvalue weighted by Gasteiger charge is -2.34. The number of urea groups is 1. The van der Waals surface area contributed by atoms with Crippen LogP contribution >= 0.6 is 0 Å². The summed E-state index contributed by atoms with van der Waals surface area (Å²) in [4.78, 5) is 41.0. The fourth-order valence-corrected chi connectivity index (χ4v) is 4.31. The molecule has 178 valence electrons. The first-order valence-corrected chi connectivity index (χ1v) is 11.5. The average molecular weight is 472 g/mol. The van der Waals surface area contributed by atoms with Crippen molar-refractivity contribution in [1.82, 2.24) is 9.80 Å². The van der Waals surface area contributed by atoms with Gasteiger partial charge in [0.25, 0.3) is 5.91 Å². The Morgan fingerprint density at radius 1 is 0.857 bits per heavy atom. The van der Waals surface area contributed by atoms with E-state index in [1.54, 1.807) is 16.7 Å². The predicted octanol–water partition coefficient (Wildman–Crippen LogP) is 4.43. The lowest BCUT2D eigenvalue weighted by Crippen LogP contribution is -2.52. The maximum absolute atomic E-state index is 12.7.